The van der Waals surface area contributed by atoms with E-state index in [1.807, 2.05) is 0 Å². The van der Waals surface area contributed by atoms with E-state index in [-0.39, 0.29) is 23.7 Å². The fourth-order valence-electron chi connectivity index (χ4n) is 2.83. The average molecular weight is 384 g/mol. The summed E-state index contributed by atoms with van der Waals surface area (Å²) in [4.78, 5) is 29.9. The first-order valence-corrected chi connectivity index (χ1v) is 8.84. The Bertz CT molecular complexity index is 1220. The molecule has 7 nitrogen and oxygen atoms in total. The summed E-state index contributed by atoms with van der Waals surface area (Å²) < 4.78 is 15.4. The second-order valence-corrected chi connectivity index (χ2v) is 6.95. The highest BCUT2D eigenvalue weighted by Gasteiger charge is 2.16. The Labute approximate surface area is 156 Å². The largest absolute Gasteiger partial charge is 0.333 e. The summed E-state index contributed by atoms with van der Waals surface area (Å²) in [6, 6.07) is 12.2. The molecule has 0 spiro atoms. The monoisotopic (exact) mass is 384 g/mol. The zero-order chi connectivity index (χ0) is 19.0. The number of anilines is 1. The standard InChI is InChI=1S/C18H13FN4O3S/c19-13-4-2-5-14(9-13)21-10-20-18-22(11-21)17(24)16(27-18)8-12-3-1-6-15(7-12)23(25)26/h1-9H,10-11H2/b16-8+. The quantitative estimate of drug-likeness (QED) is 0.510. The first-order chi connectivity index (χ1) is 13.0. The van der Waals surface area contributed by atoms with Crippen LogP contribution < -0.4 is 19.8 Å². The maximum absolute atomic E-state index is 13.5. The fourth-order valence-corrected chi connectivity index (χ4v) is 3.79. The van der Waals surface area contributed by atoms with Gasteiger partial charge in [0.1, 0.15) is 19.2 Å². The Kier molecular flexibility index (Phi) is 4.28. The number of nitro groups is 1. The number of rotatable bonds is 3. The number of non-ortho nitro benzene ring substituents is 1. The number of hydrogen-bond acceptors (Lipinski definition) is 6. The van der Waals surface area contributed by atoms with Gasteiger partial charge in [-0.3, -0.25) is 19.5 Å². The number of hydrogen-bond donors (Lipinski definition) is 0. The molecule has 0 N–H and O–H groups in total. The number of benzene rings is 2. The van der Waals surface area contributed by atoms with E-state index in [1.165, 1.54) is 40.2 Å². The summed E-state index contributed by atoms with van der Waals surface area (Å²) in [6.07, 6.45) is 1.62. The van der Waals surface area contributed by atoms with Crippen molar-refractivity contribution in [2.45, 2.75) is 6.67 Å². The average Bonchev–Trinajstić information content (AvgIpc) is 2.97. The van der Waals surface area contributed by atoms with Gasteiger partial charge in [-0.15, -0.1) is 0 Å². The summed E-state index contributed by atoms with van der Waals surface area (Å²) in [5.41, 5.74) is 0.952. The van der Waals surface area contributed by atoms with Gasteiger partial charge in [-0.25, -0.2) is 9.38 Å². The highest BCUT2D eigenvalue weighted by molar-refractivity contribution is 7.07. The van der Waals surface area contributed by atoms with Crippen molar-refractivity contribution < 1.29 is 9.31 Å². The molecule has 1 aliphatic heterocycles. The van der Waals surface area contributed by atoms with E-state index in [2.05, 4.69) is 4.99 Å². The summed E-state index contributed by atoms with van der Waals surface area (Å²) in [6.45, 7) is 0.583. The van der Waals surface area contributed by atoms with E-state index in [1.54, 1.807) is 35.2 Å². The molecule has 136 valence electrons. The SMILES string of the molecule is O=c1/c(=C\c2cccc([N+](=O)[O-])c2)sc2n1CN(c1cccc(F)c1)CN=2. The number of nitro benzene ring substituents is 1. The molecule has 0 amide bonds. The Morgan fingerprint density at radius 1 is 1.22 bits per heavy atom. The van der Waals surface area contributed by atoms with Gasteiger partial charge in [-0.05, 0) is 29.8 Å². The molecule has 2 heterocycles. The number of aromatic nitrogens is 1. The molecule has 0 fully saturated rings. The van der Waals surface area contributed by atoms with E-state index in [0.29, 0.717) is 27.3 Å². The van der Waals surface area contributed by atoms with Crippen LogP contribution in [0, 0.1) is 15.9 Å². The number of halogens is 1. The van der Waals surface area contributed by atoms with E-state index in [4.69, 9.17) is 0 Å². The van der Waals surface area contributed by atoms with Crippen molar-refractivity contribution in [2.75, 3.05) is 11.6 Å². The predicted octanol–water partition coefficient (Wildman–Crippen LogP) is 1.84. The predicted molar refractivity (Wildman–Crippen MR) is 99.8 cm³/mol. The topological polar surface area (TPSA) is 80.7 Å². The summed E-state index contributed by atoms with van der Waals surface area (Å²) >= 11 is 1.23. The molecule has 1 aliphatic rings. The van der Waals surface area contributed by atoms with Gasteiger partial charge >= 0.3 is 0 Å². The lowest BCUT2D eigenvalue weighted by molar-refractivity contribution is -0.384. The Morgan fingerprint density at radius 3 is 2.81 bits per heavy atom. The second kappa shape index (κ2) is 6.76. The van der Waals surface area contributed by atoms with E-state index in [9.17, 15) is 19.3 Å². The molecular weight excluding hydrogens is 371 g/mol. The maximum atomic E-state index is 13.5. The maximum Gasteiger partial charge on any atom is 0.271 e. The molecule has 0 unspecified atom stereocenters. The van der Waals surface area contributed by atoms with Crippen molar-refractivity contribution in [1.82, 2.24) is 4.57 Å². The normalized spacial score (nSPS) is 14.0. The van der Waals surface area contributed by atoms with Crippen molar-refractivity contribution in [3.8, 4) is 0 Å². The molecule has 0 atom stereocenters. The highest BCUT2D eigenvalue weighted by Crippen LogP contribution is 2.17. The second-order valence-electron chi connectivity index (χ2n) is 5.94. The van der Waals surface area contributed by atoms with Crippen molar-refractivity contribution in [3.63, 3.8) is 0 Å². The molecule has 0 aliphatic carbocycles. The lowest BCUT2D eigenvalue weighted by Gasteiger charge is -2.25. The molecule has 4 rings (SSSR count). The molecular formula is C18H13FN4O3S. The lowest BCUT2D eigenvalue weighted by atomic mass is 10.2. The Balaban J connectivity index is 1.72. The molecule has 0 radical (unpaired) electrons. The van der Waals surface area contributed by atoms with Crippen molar-refractivity contribution >= 4 is 28.8 Å². The minimum atomic E-state index is -0.476. The van der Waals surface area contributed by atoms with Gasteiger partial charge in [0.2, 0.25) is 0 Å². The third-order valence-corrected chi connectivity index (χ3v) is 5.17. The van der Waals surface area contributed by atoms with Crippen LogP contribution in [0.1, 0.15) is 5.56 Å². The van der Waals surface area contributed by atoms with Gasteiger partial charge in [0.15, 0.2) is 4.80 Å². The van der Waals surface area contributed by atoms with Gasteiger partial charge in [0.05, 0.1) is 9.46 Å². The molecule has 0 bridgehead atoms. The molecule has 1 aromatic heterocycles. The minimum absolute atomic E-state index is 0.0351. The van der Waals surface area contributed by atoms with Crippen LogP contribution in [0.3, 0.4) is 0 Å². The zero-order valence-corrected chi connectivity index (χ0v) is 14.7. The van der Waals surface area contributed by atoms with Crippen LogP contribution in [-0.2, 0) is 6.67 Å². The van der Waals surface area contributed by atoms with Crippen LogP contribution in [0.15, 0.2) is 58.3 Å². The molecule has 3 aromatic rings. The van der Waals surface area contributed by atoms with Crippen LogP contribution in [0.5, 0.6) is 0 Å². The highest BCUT2D eigenvalue weighted by atomic mass is 32.1. The summed E-state index contributed by atoms with van der Waals surface area (Å²) in [5.74, 6) is -0.351. The van der Waals surface area contributed by atoms with Crippen LogP contribution in [0.2, 0.25) is 0 Å². The van der Waals surface area contributed by atoms with E-state index >= 15 is 0 Å². The molecule has 2 aromatic carbocycles. The molecule has 9 heteroatoms. The van der Waals surface area contributed by atoms with Crippen LogP contribution in [0.25, 0.3) is 6.08 Å². The molecule has 27 heavy (non-hydrogen) atoms. The first-order valence-electron chi connectivity index (χ1n) is 8.02. The van der Waals surface area contributed by atoms with Crippen molar-refractivity contribution in [1.29, 1.82) is 0 Å². The zero-order valence-electron chi connectivity index (χ0n) is 13.9. The summed E-state index contributed by atoms with van der Waals surface area (Å²) in [7, 11) is 0. The van der Waals surface area contributed by atoms with Crippen LogP contribution >= 0.6 is 11.3 Å². The van der Waals surface area contributed by atoms with E-state index in [0.717, 1.165) is 0 Å². The van der Waals surface area contributed by atoms with Gasteiger partial charge < -0.3 is 4.90 Å². The lowest BCUT2D eigenvalue weighted by Crippen LogP contribution is -2.42. The first kappa shape index (κ1) is 17.1. The minimum Gasteiger partial charge on any atom is -0.333 e. The van der Waals surface area contributed by atoms with Gasteiger partial charge in [-0.1, -0.05) is 29.5 Å². The van der Waals surface area contributed by atoms with Crippen LogP contribution in [-0.4, -0.2) is 16.2 Å². The third kappa shape index (κ3) is 3.36. The molecule has 0 saturated heterocycles. The van der Waals surface area contributed by atoms with Gasteiger partial charge in [0, 0.05) is 17.8 Å². The van der Waals surface area contributed by atoms with Crippen LogP contribution in [0.4, 0.5) is 15.8 Å². The third-order valence-electron chi connectivity index (χ3n) is 4.13. The van der Waals surface area contributed by atoms with Gasteiger partial charge in [-0.2, -0.15) is 0 Å². The van der Waals surface area contributed by atoms with Crippen molar-refractivity contribution in [2.24, 2.45) is 4.99 Å². The Morgan fingerprint density at radius 2 is 2.04 bits per heavy atom. The van der Waals surface area contributed by atoms with Gasteiger partial charge in [0.25, 0.3) is 11.2 Å². The van der Waals surface area contributed by atoms with Crippen molar-refractivity contribution in [3.05, 3.63) is 89.7 Å². The summed E-state index contributed by atoms with van der Waals surface area (Å²) in [5, 5.41) is 10.9. The molecule has 0 saturated carbocycles. The van der Waals surface area contributed by atoms with E-state index < -0.39 is 4.92 Å². The smallest absolute Gasteiger partial charge is 0.271 e. The fraction of sp³-hybridized carbons (Fsp3) is 0.111. The Hall–Kier alpha value is -3.33. The number of thiazole rings is 1. The number of nitrogens with zero attached hydrogens (tertiary/aromatic N) is 4. The number of fused-ring (bicyclic) bond motifs is 1.